The second kappa shape index (κ2) is 4.95. The number of rotatable bonds is 6. The molecule has 0 radical (unpaired) electrons. The predicted octanol–water partition coefficient (Wildman–Crippen LogP) is 1.60. The van der Waals surface area contributed by atoms with Gasteiger partial charge in [0.2, 0.25) is 0 Å². The molecular weight excluding hydrogens is 200 g/mol. The zero-order valence-corrected chi connectivity index (χ0v) is 10.3. The van der Waals surface area contributed by atoms with Crippen molar-refractivity contribution in [1.29, 1.82) is 0 Å². The number of hydrogen-bond acceptors (Lipinski definition) is 3. The highest BCUT2D eigenvalue weighted by Crippen LogP contribution is 2.33. The molecule has 2 rings (SSSR count). The van der Waals surface area contributed by atoms with Crippen molar-refractivity contribution in [1.82, 2.24) is 14.8 Å². The smallest absolute Gasteiger partial charge is 0.138 e. The Morgan fingerprint density at radius 2 is 2.25 bits per heavy atom. The van der Waals surface area contributed by atoms with Crippen LogP contribution in [-0.4, -0.2) is 20.8 Å². The van der Waals surface area contributed by atoms with E-state index in [4.69, 9.17) is 5.73 Å². The molecule has 0 saturated heterocycles. The van der Waals surface area contributed by atoms with Crippen LogP contribution < -0.4 is 5.73 Å². The summed E-state index contributed by atoms with van der Waals surface area (Å²) in [6, 6.07) is 0.252. The van der Waals surface area contributed by atoms with Gasteiger partial charge in [-0.1, -0.05) is 26.7 Å². The van der Waals surface area contributed by atoms with Crippen LogP contribution in [0.2, 0.25) is 0 Å². The molecule has 2 N–H and O–H groups in total. The van der Waals surface area contributed by atoms with Gasteiger partial charge in [0, 0.05) is 19.0 Å². The largest absolute Gasteiger partial charge is 0.327 e. The van der Waals surface area contributed by atoms with Crippen molar-refractivity contribution in [3.63, 3.8) is 0 Å². The average Bonchev–Trinajstić information content (AvgIpc) is 2.89. The Kier molecular flexibility index (Phi) is 3.59. The van der Waals surface area contributed by atoms with Crippen LogP contribution >= 0.6 is 0 Å². The van der Waals surface area contributed by atoms with E-state index in [2.05, 4.69) is 23.9 Å². The van der Waals surface area contributed by atoms with Crippen LogP contribution in [0, 0.1) is 11.8 Å². The zero-order chi connectivity index (χ0) is 11.5. The standard InChI is InChI=1S/C12H22N4/c1-9(2)7-16-12(14-8-15-16)6-11(13)5-10-3-4-10/h8-11H,3-7,13H2,1-2H3. The molecule has 0 spiro atoms. The van der Waals surface area contributed by atoms with Crippen molar-refractivity contribution in [3.8, 4) is 0 Å². The highest BCUT2D eigenvalue weighted by atomic mass is 15.3. The van der Waals surface area contributed by atoms with E-state index in [0.717, 1.165) is 31.1 Å². The van der Waals surface area contributed by atoms with Gasteiger partial charge in [-0.15, -0.1) is 0 Å². The molecule has 1 unspecified atom stereocenters. The first-order valence-corrected chi connectivity index (χ1v) is 6.27. The van der Waals surface area contributed by atoms with E-state index in [-0.39, 0.29) is 6.04 Å². The van der Waals surface area contributed by atoms with Crippen LogP contribution in [-0.2, 0) is 13.0 Å². The van der Waals surface area contributed by atoms with Crippen molar-refractivity contribution in [2.24, 2.45) is 17.6 Å². The van der Waals surface area contributed by atoms with Crippen LogP contribution in [0.3, 0.4) is 0 Å². The molecule has 0 aliphatic heterocycles. The first-order chi connectivity index (χ1) is 7.65. The Bertz CT molecular complexity index is 328. The van der Waals surface area contributed by atoms with Crippen molar-refractivity contribution in [2.45, 2.75) is 52.1 Å². The van der Waals surface area contributed by atoms with Gasteiger partial charge in [-0.25, -0.2) is 9.67 Å². The fourth-order valence-electron chi connectivity index (χ4n) is 2.04. The quantitative estimate of drug-likeness (QED) is 0.795. The summed E-state index contributed by atoms with van der Waals surface area (Å²) in [6.07, 6.45) is 6.39. The topological polar surface area (TPSA) is 56.7 Å². The number of hydrogen-bond donors (Lipinski definition) is 1. The summed E-state index contributed by atoms with van der Waals surface area (Å²) < 4.78 is 2.00. The SMILES string of the molecule is CC(C)Cn1ncnc1CC(N)CC1CC1. The lowest BCUT2D eigenvalue weighted by molar-refractivity contribution is 0.451. The minimum atomic E-state index is 0.252. The average molecular weight is 222 g/mol. The third-order valence-corrected chi connectivity index (χ3v) is 3.01. The number of nitrogens with two attached hydrogens (primary N) is 1. The van der Waals surface area contributed by atoms with Crippen molar-refractivity contribution >= 4 is 0 Å². The summed E-state index contributed by atoms with van der Waals surface area (Å²) in [4.78, 5) is 4.31. The van der Waals surface area contributed by atoms with E-state index in [1.165, 1.54) is 12.8 Å². The van der Waals surface area contributed by atoms with Gasteiger partial charge in [0.1, 0.15) is 12.2 Å². The number of nitrogens with zero attached hydrogens (tertiary/aromatic N) is 3. The molecule has 1 atom stereocenters. The molecule has 1 aromatic rings. The van der Waals surface area contributed by atoms with Gasteiger partial charge in [-0.2, -0.15) is 5.10 Å². The summed E-state index contributed by atoms with van der Waals surface area (Å²) in [5.74, 6) is 2.53. The first kappa shape index (κ1) is 11.6. The predicted molar refractivity (Wildman–Crippen MR) is 63.9 cm³/mol. The second-order valence-corrected chi connectivity index (χ2v) is 5.40. The van der Waals surface area contributed by atoms with Gasteiger partial charge in [0.05, 0.1) is 0 Å². The number of aromatic nitrogens is 3. The summed E-state index contributed by atoms with van der Waals surface area (Å²) in [7, 11) is 0. The second-order valence-electron chi connectivity index (χ2n) is 5.40. The van der Waals surface area contributed by atoms with Gasteiger partial charge in [-0.3, -0.25) is 0 Å². The Balaban J connectivity index is 1.89. The zero-order valence-electron chi connectivity index (χ0n) is 10.3. The first-order valence-electron chi connectivity index (χ1n) is 6.27. The monoisotopic (exact) mass is 222 g/mol. The van der Waals surface area contributed by atoms with E-state index in [0.29, 0.717) is 5.92 Å². The van der Waals surface area contributed by atoms with Crippen LogP contribution in [0.15, 0.2) is 6.33 Å². The van der Waals surface area contributed by atoms with Crippen molar-refractivity contribution in [2.75, 3.05) is 0 Å². The molecule has 0 amide bonds. The molecule has 1 fully saturated rings. The molecule has 1 saturated carbocycles. The van der Waals surface area contributed by atoms with Crippen molar-refractivity contribution in [3.05, 3.63) is 12.2 Å². The summed E-state index contributed by atoms with van der Waals surface area (Å²) in [5, 5.41) is 4.25. The maximum atomic E-state index is 6.12. The maximum Gasteiger partial charge on any atom is 0.138 e. The molecule has 1 aliphatic carbocycles. The molecular formula is C12H22N4. The van der Waals surface area contributed by atoms with Crippen LogP contribution in [0.5, 0.6) is 0 Å². The lowest BCUT2D eigenvalue weighted by Crippen LogP contribution is -2.26. The summed E-state index contributed by atoms with van der Waals surface area (Å²) in [5.41, 5.74) is 6.12. The highest BCUT2D eigenvalue weighted by Gasteiger charge is 2.24. The molecule has 1 heterocycles. The van der Waals surface area contributed by atoms with Gasteiger partial charge in [-0.05, 0) is 18.3 Å². The minimum absolute atomic E-state index is 0.252. The Morgan fingerprint density at radius 3 is 2.88 bits per heavy atom. The molecule has 1 aromatic heterocycles. The van der Waals surface area contributed by atoms with Crippen LogP contribution in [0.1, 0.15) is 38.9 Å². The highest BCUT2D eigenvalue weighted by molar-refractivity contribution is 4.91. The maximum absolute atomic E-state index is 6.12. The Labute approximate surface area is 97.2 Å². The minimum Gasteiger partial charge on any atom is -0.327 e. The van der Waals surface area contributed by atoms with Gasteiger partial charge in [0.25, 0.3) is 0 Å². The Morgan fingerprint density at radius 1 is 1.50 bits per heavy atom. The lowest BCUT2D eigenvalue weighted by atomic mass is 10.1. The van der Waals surface area contributed by atoms with Gasteiger partial charge in [0.15, 0.2) is 0 Å². The molecule has 1 aliphatic rings. The normalized spacial score (nSPS) is 18.0. The van der Waals surface area contributed by atoms with Gasteiger partial charge >= 0.3 is 0 Å². The lowest BCUT2D eigenvalue weighted by Gasteiger charge is -2.12. The van der Waals surface area contributed by atoms with E-state index >= 15 is 0 Å². The molecule has 4 nitrogen and oxygen atoms in total. The summed E-state index contributed by atoms with van der Waals surface area (Å²) in [6.45, 7) is 5.32. The van der Waals surface area contributed by atoms with Gasteiger partial charge < -0.3 is 5.73 Å². The third kappa shape index (κ3) is 3.30. The van der Waals surface area contributed by atoms with E-state index in [9.17, 15) is 0 Å². The van der Waals surface area contributed by atoms with Crippen LogP contribution in [0.25, 0.3) is 0 Å². The van der Waals surface area contributed by atoms with E-state index in [1.54, 1.807) is 6.33 Å². The Hall–Kier alpha value is -0.900. The molecule has 0 bridgehead atoms. The van der Waals surface area contributed by atoms with Crippen molar-refractivity contribution < 1.29 is 0 Å². The fraction of sp³-hybridized carbons (Fsp3) is 0.833. The molecule has 0 aromatic carbocycles. The molecule has 4 heteroatoms. The van der Waals surface area contributed by atoms with E-state index < -0.39 is 0 Å². The molecule has 90 valence electrons. The molecule has 16 heavy (non-hydrogen) atoms. The third-order valence-electron chi connectivity index (χ3n) is 3.01. The van der Waals surface area contributed by atoms with E-state index in [1.807, 2.05) is 4.68 Å². The summed E-state index contributed by atoms with van der Waals surface area (Å²) >= 11 is 0. The fourth-order valence-corrected chi connectivity index (χ4v) is 2.04. The van der Waals surface area contributed by atoms with Crippen LogP contribution in [0.4, 0.5) is 0 Å².